The van der Waals surface area contributed by atoms with Gasteiger partial charge in [0, 0.05) is 42.4 Å². The van der Waals surface area contributed by atoms with Gasteiger partial charge >= 0.3 is 0 Å². The van der Waals surface area contributed by atoms with Crippen molar-refractivity contribution in [2.75, 3.05) is 23.9 Å². The van der Waals surface area contributed by atoms with Crippen molar-refractivity contribution in [2.45, 2.75) is 12.3 Å². The van der Waals surface area contributed by atoms with E-state index in [0.29, 0.717) is 30.1 Å². The van der Waals surface area contributed by atoms with Crippen LogP contribution in [0.4, 0.5) is 11.5 Å². The molecule has 0 radical (unpaired) electrons. The van der Waals surface area contributed by atoms with Crippen molar-refractivity contribution in [1.82, 2.24) is 4.98 Å². The summed E-state index contributed by atoms with van der Waals surface area (Å²) in [7, 11) is 1.55. The monoisotopic (exact) mass is 387 g/mol. The molecule has 1 aliphatic heterocycles. The number of aromatic nitrogens is 1. The number of methoxy groups -OCH3 is 1. The summed E-state index contributed by atoms with van der Waals surface area (Å²) in [4.78, 5) is 31.1. The normalized spacial score (nSPS) is 16.0. The number of nitrogens with zero attached hydrogens (tertiary/aromatic N) is 2. The molecule has 1 aromatic heterocycles. The van der Waals surface area contributed by atoms with Gasteiger partial charge in [-0.1, -0.05) is 36.4 Å². The molecule has 2 amide bonds. The SMILES string of the molecule is COc1cccc(C(=O)Nc2cc(N3CC(c4ccccc4)CC3=O)ccn2)c1. The molecule has 1 atom stereocenters. The molecule has 6 nitrogen and oxygen atoms in total. The van der Waals surface area contributed by atoms with E-state index in [0.717, 1.165) is 11.3 Å². The first-order valence-corrected chi connectivity index (χ1v) is 9.41. The quantitative estimate of drug-likeness (QED) is 0.722. The summed E-state index contributed by atoms with van der Waals surface area (Å²) in [6, 6.07) is 20.4. The highest BCUT2D eigenvalue weighted by Crippen LogP contribution is 2.32. The summed E-state index contributed by atoms with van der Waals surface area (Å²) in [6.07, 6.45) is 2.07. The van der Waals surface area contributed by atoms with Crippen LogP contribution in [0.1, 0.15) is 28.3 Å². The summed E-state index contributed by atoms with van der Waals surface area (Å²) in [5.74, 6) is 0.936. The lowest BCUT2D eigenvalue weighted by Gasteiger charge is -2.17. The number of pyridine rings is 1. The van der Waals surface area contributed by atoms with Gasteiger partial charge in [-0.3, -0.25) is 9.59 Å². The molecule has 0 saturated carbocycles. The van der Waals surface area contributed by atoms with Gasteiger partial charge in [-0.05, 0) is 29.8 Å². The number of nitrogens with one attached hydrogen (secondary N) is 1. The van der Waals surface area contributed by atoms with Crippen molar-refractivity contribution in [1.29, 1.82) is 0 Å². The fraction of sp³-hybridized carbons (Fsp3) is 0.174. The minimum absolute atomic E-state index is 0.0649. The first kappa shape index (κ1) is 18.7. The molecule has 6 heteroatoms. The lowest BCUT2D eigenvalue weighted by Crippen LogP contribution is -2.24. The number of hydrogen-bond acceptors (Lipinski definition) is 4. The molecule has 3 aromatic rings. The Morgan fingerprint density at radius 2 is 1.93 bits per heavy atom. The van der Waals surface area contributed by atoms with Crippen molar-refractivity contribution in [2.24, 2.45) is 0 Å². The number of hydrogen-bond donors (Lipinski definition) is 1. The van der Waals surface area contributed by atoms with E-state index < -0.39 is 0 Å². The summed E-state index contributed by atoms with van der Waals surface area (Å²) < 4.78 is 5.16. The number of anilines is 2. The van der Waals surface area contributed by atoms with Crippen LogP contribution in [0, 0.1) is 0 Å². The second-order valence-electron chi connectivity index (χ2n) is 6.90. The van der Waals surface area contributed by atoms with E-state index in [4.69, 9.17) is 4.74 Å². The highest BCUT2D eigenvalue weighted by atomic mass is 16.5. The average molecular weight is 387 g/mol. The van der Waals surface area contributed by atoms with Gasteiger partial charge in [0.15, 0.2) is 0 Å². The first-order valence-electron chi connectivity index (χ1n) is 9.41. The van der Waals surface area contributed by atoms with E-state index >= 15 is 0 Å². The van der Waals surface area contributed by atoms with Gasteiger partial charge < -0.3 is 15.0 Å². The molecule has 2 aromatic carbocycles. The summed E-state index contributed by atoms with van der Waals surface area (Å²) in [6.45, 7) is 0.607. The number of rotatable bonds is 5. The lowest BCUT2D eigenvalue weighted by molar-refractivity contribution is -0.117. The van der Waals surface area contributed by atoms with E-state index in [-0.39, 0.29) is 17.7 Å². The van der Waals surface area contributed by atoms with Gasteiger partial charge in [-0.15, -0.1) is 0 Å². The predicted octanol–water partition coefficient (Wildman–Crippen LogP) is 3.86. The molecule has 1 aliphatic rings. The van der Waals surface area contributed by atoms with Gasteiger partial charge in [-0.25, -0.2) is 4.98 Å². The Morgan fingerprint density at radius 3 is 2.72 bits per heavy atom. The van der Waals surface area contributed by atoms with Crippen molar-refractivity contribution >= 4 is 23.3 Å². The van der Waals surface area contributed by atoms with Crippen molar-refractivity contribution in [3.05, 3.63) is 84.1 Å². The fourth-order valence-electron chi connectivity index (χ4n) is 3.51. The highest BCUT2D eigenvalue weighted by Gasteiger charge is 2.31. The Kier molecular flexibility index (Phi) is 5.24. The molecule has 0 aliphatic carbocycles. The molecule has 1 unspecified atom stereocenters. The maximum absolute atomic E-state index is 12.6. The Balaban J connectivity index is 1.50. The number of benzene rings is 2. The number of amides is 2. The van der Waals surface area contributed by atoms with Crippen molar-refractivity contribution < 1.29 is 14.3 Å². The maximum Gasteiger partial charge on any atom is 0.256 e. The minimum Gasteiger partial charge on any atom is -0.497 e. The van der Waals surface area contributed by atoms with Crippen molar-refractivity contribution in [3.63, 3.8) is 0 Å². The molecular weight excluding hydrogens is 366 g/mol. The van der Waals surface area contributed by atoms with Gasteiger partial charge in [-0.2, -0.15) is 0 Å². The van der Waals surface area contributed by atoms with Gasteiger partial charge in [0.1, 0.15) is 11.6 Å². The van der Waals surface area contributed by atoms with Crippen LogP contribution in [0.2, 0.25) is 0 Å². The number of ether oxygens (including phenoxy) is 1. The second-order valence-corrected chi connectivity index (χ2v) is 6.90. The van der Waals surface area contributed by atoms with Crippen LogP contribution in [-0.2, 0) is 4.79 Å². The smallest absolute Gasteiger partial charge is 0.256 e. The van der Waals surface area contributed by atoms with Crippen LogP contribution < -0.4 is 15.0 Å². The Hall–Kier alpha value is -3.67. The van der Waals surface area contributed by atoms with Crippen LogP contribution in [0.25, 0.3) is 0 Å². The van der Waals surface area contributed by atoms with E-state index in [1.807, 2.05) is 30.3 Å². The summed E-state index contributed by atoms with van der Waals surface area (Å²) >= 11 is 0. The minimum atomic E-state index is -0.288. The van der Waals surface area contributed by atoms with Crippen LogP contribution in [0.5, 0.6) is 5.75 Å². The fourth-order valence-corrected chi connectivity index (χ4v) is 3.51. The van der Waals surface area contributed by atoms with Gasteiger partial charge in [0.05, 0.1) is 7.11 Å². The highest BCUT2D eigenvalue weighted by molar-refractivity contribution is 6.04. The largest absolute Gasteiger partial charge is 0.497 e. The van der Waals surface area contributed by atoms with Gasteiger partial charge in [0.25, 0.3) is 5.91 Å². The second kappa shape index (κ2) is 8.14. The predicted molar refractivity (Wildman–Crippen MR) is 111 cm³/mol. The number of carbonyl (C=O) groups is 2. The number of carbonyl (C=O) groups excluding carboxylic acids is 2. The standard InChI is InChI=1S/C23H21N3O3/c1-29-20-9-5-8-17(12-20)23(28)25-21-14-19(10-11-24-21)26-15-18(13-22(26)27)16-6-3-2-4-7-16/h2-12,14,18H,13,15H2,1H3,(H,24,25,28). The molecular formula is C23H21N3O3. The van der Waals surface area contributed by atoms with Crippen LogP contribution in [0.15, 0.2) is 72.9 Å². The van der Waals surface area contributed by atoms with Crippen LogP contribution in [-0.4, -0.2) is 30.5 Å². The average Bonchev–Trinajstić information content (AvgIpc) is 3.16. The van der Waals surface area contributed by atoms with Crippen molar-refractivity contribution in [3.8, 4) is 5.75 Å². The zero-order valence-corrected chi connectivity index (χ0v) is 16.0. The van der Waals surface area contributed by atoms with Crippen LogP contribution in [0.3, 0.4) is 0 Å². The molecule has 29 heavy (non-hydrogen) atoms. The molecule has 0 spiro atoms. The summed E-state index contributed by atoms with van der Waals surface area (Å²) in [5, 5.41) is 2.79. The molecule has 1 fully saturated rings. The zero-order valence-electron chi connectivity index (χ0n) is 16.0. The maximum atomic E-state index is 12.6. The third-order valence-electron chi connectivity index (χ3n) is 5.02. The molecule has 1 N–H and O–H groups in total. The zero-order chi connectivity index (χ0) is 20.2. The Bertz CT molecular complexity index is 1040. The molecule has 2 heterocycles. The molecule has 1 saturated heterocycles. The molecule has 146 valence electrons. The first-order chi connectivity index (χ1) is 14.1. The Labute approximate surface area is 169 Å². The van der Waals surface area contributed by atoms with E-state index in [2.05, 4.69) is 10.3 Å². The van der Waals surface area contributed by atoms with Gasteiger partial charge in [0.2, 0.25) is 5.91 Å². The van der Waals surface area contributed by atoms with E-state index in [1.165, 1.54) is 0 Å². The molecule has 0 bridgehead atoms. The molecule has 4 rings (SSSR count). The van der Waals surface area contributed by atoms with E-state index in [1.54, 1.807) is 54.6 Å². The lowest BCUT2D eigenvalue weighted by atomic mass is 9.99. The van der Waals surface area contributed by atoms with Crippen LogP contribution >= 0.6 is 0 Å². The topological polar surface area (TPSA) is 71.5 Å². The summed E-state index contributed by atoms with van der Waals surface area (Å²) in [5.41, 5.74) is 2.35. The third kappa shape index (κ3) is 4.11. The third-order valence-corrected chi connectivity index (χ3v) is 5.02. The van der Waals surface area contributed by atoms with E-state index in [9.17, 15) is 9.59 Å². The Morgan fingerprint density at radius 1 is 1.10 bits per heavy atom.